The van der Waals surface area contributed by atoms with Gasteiger partial charge in [0.15, 0.2) is 0 Å². The Balaban J connectivity index is 0.00000162. The van der Waals surface area contributed by atoms with Gasteiger partial charge in [-0.05, 0) is 17.5 Å². The molecule has 19 heavy (non-hydrogen) atoms. The minimum Gasteiger partial charge on any atom is -1.00 e. The fraction of sp³-hybridized carbons (Fsp3) is 0.250. The summed E-state index contributed by atoms with van der Waals surface area (Å²) in [7, 11) is 0. The van der Waals surface area contributed by atoms with Crippen LogP contribution in [-0.4, -0.2) is 23.1 Å². The molecule has 0 fully saturated rings. The van der Waals surface area contributed by atoms with Gasteiger partial charge in [0.1, 0.15) is 5.75 Å². The molecule has 2 aromatic rings. The van der Waals surface area contributed by atoms with Crippen molar-refractivity contribution in [1.29, 1.82) is 0 Å². The van der Waals surface area contributed by atoms with Gasteiger partial charge in [-0.2, -0.15) is 30.3 Å². The molecule has 0 unspecified atom stereocenters. The summed E-state index contributed by atoms with van der Waals surface area (Å²) in [5, 5.41) is 0. The Labute approximate surface area is 142 Å². The Morgan fingerprint density at radius 2 is 1.84 bits per heavy atom. The topological polar surface area (TPSA) is 9.23 Å². The first-order valence-electron chi connectivity index (χ1n) is 5.94. The number of ether oxygens (including phenoxy) is 1. The quantitative estimate of drug-likeness (QED) is 0.596. The Hall–Kier alpha value is -0.514. The van der Waals surface area contributed by atoms with Crippen LogP contribution in [0, 0.1) is 6.07 Å². The van der Waals surface area contributed by atoms with Gasteiger partial charge in [0.25, 0.3) is 0 Å². The molecule has 0 spiro atoms. The van der Waals surface area contributed by atoms with Gasteiger partial charge in [0.05, 0.1) is 6.61 Å². The van der Waals surface area contributed by atoms with E-state index in [-0.39, 0.29) is 40.0 Å². The van der Waals surface area contributed by atoms with Crippen molar-refractivity contribution in [2.45, 2.75) is 26.4 Å². The zero-order valence-electron chi connectivity index (χ0n) is 11.4. The molecule has 1 nitrogen and oxygen atoms in total. The van der Waals surface area contributed by atoms with Crippen LogP contribution in [0.1, 0.15) is 30.9 Å². The smallest absolute Gasteiger partial charge is 1.00 e. The largest absolute Gasteiger partial charge is 2.00 e. The van der Waals surface area contributed by atoms with Crippen LogP contribution in [-0.2, 0) is 6.61 Å². The molecule has 2 rings (SSSR count). The predicted molar refractivity (Wildman–Crippen MR) is 75.9 cm³/mol. The molecule has 0 N–H and O–H groups in total. The van der Waals surface area contributed by atoms with Gasteiger partial charge in [0, 0.05) is 0 Å². The molecule has 0 saturated carbocycles. The van der Waals surface area contributed by atoms with E-state index in [2.05, 4.69) is 38.1 Å². The summed E-state index contributed by atoms with van der Waals surface area (Å²) < 4.78 is 5.86. The molecule has 0 aliphatic heterocycles. The van der Waals surface area contributed by atoms with E-state index in [0.717, 1.165) is 11.3 Å². The first kappa shape index (κ1) is 18.5. The van der Waals surface area contributed by atoms with E-state index in [0.29, 0.717) is 12.5 Å². The summed E-state index contributed by atoms with van der Waals surface area (Å²) in [6, 6.07) is 19.2. The normalized spacial score (nSPS) is 9.42. The Kier molecular flexibility index (Phi) is 9.15. The number of rotatable bonds is 4. The first-order valence-corrected chi connectivity index (χ1v) is 5.94. The van der Waals surface area contributed by atoms with Gasteiger partial charge in [-0.15, -0.1) is 5.56 Å². The molecule has 0 aliphatic carbocycles. The van der Waals surface area contributed by atoms with Crippen molar-refractivity contribution in [2.75, 3.05) is 0 Å². The Morgan fingerprint density at radius 3 is 2.47 bits per heavy atom. The van der Waals surface area contributed by atoms with Crippen molar-refractivity contribution in [1.82, 2.24) is 0 Å². The summed E-state index contributed by atoms with van der Waals surface area (Å²) in [6.45, 7) is 4.96. The number of hydrogen-bond acceptors (Lipinski definition) is 1. The number of benzene rings is 2. The average Bonchev–Trinajstić information content (AvgIpc) is 2.38. The second-order valence-corrected chi connectivity index (χ2v) is 4.39. The van der Waals surface area contributed by atoms with Crippen LogP contribution in [0.25, 0.3) is 0 Å². The van der Waals surface area contributed by atoms with Crippen molar-refractivity contribution in [3.8, 4) is 5.75 Å². The van der Waals surface area contributed by atoms with E-state index in [1.165, 1.54) is 5.56 Å². The SMILES string of the molecule is CC(C)c1ccccc1OCc1c[c-]ccc1.[Br-].[Mg+2]. The Morgan fingerprint density at radius 1 is 1.11 bits per heavy atom. The summed E-state index contributed by atoms with van der Waals surface area (Å²) in [4.78, 5) is 0. The molecular formula is C16H17BrMgO. The molecular weight excluding hydrogens is 312 g/mol. The van der Waals surface area contributed by atoms with Gasteiger partial charge >= 0.3 is 23.1 Å². The third-order valence-electron chi connectivity index (χ3n) is 2.71. The molecule has 0 aromatic heterocycles. The molecule has 0 aliphatic rings. The van der Waals surface area contributed by atoms with Crippen molar-refractivity contribution in [3.63, 3.8) is 0 Å². The van der Waals surface area contributed by atoms with Crippen molar-refractivity contribution >= 4 is 23.1 Å². The van der Waals surface area contributed by atoms with Crippen LogP contribution in [0.5, 0.6) is 5.75 Å². The third-order valence-corrected chi connectivity index (χ3v) is 2.71. The van der Waals surface area contributed by atoms with E-state index in [1.807, 2.05) is 30.3 Å². The molecule has 0 heterocycles. The minimum absolute atomic E-state index is 0. The fourth-order valence-corrected chi connectivity index (χ4v) is 1.77. The molecule has 0 saturated heterocycles. The zero-order valence-corrected chi connectivity index (χ0v) is 14.4. The maximum atomic E-state index is 5.86. The molecule has 0 bridgehead atoms. The molecule has 96 valence electrons. The summed E-state index contributed by atoms with van der Waals surface area (Å²) >= 11 is 0. The molecule has 3 heteroatoms. The van der Waals surface area contributed by atoms with Crippen LogP contribution < -0.4 is 21.7 Å². The maximum absolute atomic E-state index is 5.86. The van der Waals surface area contributed by atoms with Gasteiger partial charge < -0.3 is 21.7 Å². The van der Waals surface area contributed by atoms with Gasteiger partial charge in [-0.1, -0.05) is 32.0 Å². The van der Waals surface area contributed by atoms with Crippen molar-refractivity contribution < 1.29 is 21.7 Å². The van der Waals surface area contributed by atoms with E-state index in [4.69, 9.17) is 4.74 Å². The molecule has 0 radical (unpaired) electrons. The molecule has 2 aromatic carbocycles. The number of halogens is 1. The summed E-state index contributed by atoms with van der Waals surface area (Å²) in [5.74, 6) is 1.46. The second-order valence-electron chi connectivity index (χ2n) is 4.39. The fourth-order valence-electron chi connectivity index (χ4n) is 1.77. The van der Waals surface area contributed by atoms with Gasteiger partial charge in [-0.25, -0.2) is 0 Å². The summed E-state index contributed by atoms with van der Waals surface area (Å²) in [6.07, 6.45) is 0. The van der Waals surface area contributed by atoms with Crippen molar-refractivity contribution in [2.24, 2.45) is 0 Å². The first-order chi connectivity index (χ1) is 8.27. The van der Waals surface area contributed by atoms with Crippen LogP contribution in [0.2, 0.25) is 0 Å². The minimum atomic E-state index is 0. The third kappa shape index (κ3) is 5.55. The standard InChI is InChI=1S/C16H17O.BrH.Mg/c1-13(2)15-10-6-7-11-16(15)17-12-14-8-4-3-5-9-14;;/h3-4,6-11,13H,12H2,1-2H3;1H;/q-1;;+2/p-1. The van der Waals surface area contributed by atoms with Gasteiger partial charge in [-0.3, -0.25) is 0 Å². The molecule has 0 amide bonds. The van der Waals surface area contributed by atoms with E-state index in [9.17, 15) is 0 Å². The summed E-state index contributed by atoms with van der Waals surface area (Å²) in [5.41, 5.74) is 2.40. The second kappa shape index (κ2) is 9.40. The number of para-hydroxylation sites is 1. The van der Waals surface area contributed by atoms with E-state index in [1.54, 1.807) is 0 Å². The maximum Gasteiger partial charge on any atom is 2.00 e. The van der Waals surface area contributed by atoms with Crippen LogP contribution >= 0.6 is 0 Å². The molecule has 0 atom stereocenters. The van der Waals surface area contributed by atoms with Crippen LogP contribution in [0.15, 0.2) is 48.5 Å². The predicted octanol–water partition coefficient (Wildman–Crippen LogP) is 0.812. The van der Waals surface area contributed by atoms with E-state index >= 15 is 0 Å². The Bertz CT molecular complexity index is 471. The van der Waals surface area contributed by atoms with E-state index < -0.39 is 0 Å². The van der Waals surface area contributed by atoms with Crippen molar-refractivity contribution in [3.05, 3.63) is 65.7 Å². The zero-order chi connectivity index (χ0) is 12.1. The monoisotopic (exact) mass is 328 g/mol. The number of hydrogen-bond donors (Lipinski definition) is 0. The van der Waals surface area contributed by atoms with Gasteiger partial charge in [0.2, 0.25) is 0 Å². The van der Waals surface area contributed by atoms with Crippen LogP contribution in [0.3, 0.4) is 0 Å². The average molecular weight is 330 g/mol. The van der Waals surface area contributed by atoms with Crippen LogP contribution in [0.4, 0.5) is 0 Å².